The normalized spacial score (nSPS) is 23.2. The number of anilines is 2. The number of rotatable bonds is 4. The van der Waals surface area contributed by atoms with Crippen LogP contribution in [0.15, 0.2) is 12.3 Å². The van der Waals surface area contributed by atoms with E-state index in [0.29, 0.717) is 23.6 Å². The number of likely N-dealkylation sites (tertiary alicyclic amines) is 1. The molecule has 2 atom stereocenters. The van der Waals surface area contributed by atoms with Crippen molar-refractivity contribution in [3.05, 3.63) is 17.8 Å². The van der Waals surface area contributed by atoms with Gasteiger partial charge in [-0.1, -0.05) is 6.92 Å². The number of hydrogen-bond acceptors (Lipinski definition) is 7. The van der Waals surface area contributed by atoms with Crippen LogP contribution in [-0.4, -0.2) is 63.7 Å². The van der Waals surface area contributed by atoms with Gasteiger partial charge in [0.05, 0.1) is 11.9 Å². The second-order valence-corrected chi connectivity index (χ2v) is 12.8. The van der Waals surface area contributed by atoms with Crippen molar-refractivity contribution in [2.24, 2.45) is 11.8 Å². The Bertz CT molecular complexity index is 1090. The number of nitrogens with one attached hydrogen (secondary N) is 3. The van der Waals surface area contributed by atoms with Crippen LogP contribution < -0.4 is 16.0 Å². The molecule has 39 heavy (non-hydrogen) atoms. The maximum absolute atomic E-state index is 13.3. The second kappa shape index (κ2) is 11.8. The molecule has 2 aliphatic rings. The number of amides is 4. The van der Waals surface area contributed by atoms with Gasteiger partial charge in [0.2, 0.25) is 0 Å². The van der Waals surface area contributed by atoms with Gasteiger partial charge < -0.3 is 25.0 Å². The fourth-order valence-corrected chi connectivity index (χ4v) is 4.95. The summed E-state index contributed by atoms with van der Waals surface area (Å²) in [5.41, 5.74) is -0.252. The number of ether oxygens (including phenoxy) is 2. The van der Waals surface area contributed by atoms with Crippen molar-refractivity contribution < 1.29 is 28.7 Å². The van der Waals surface area contributed by atoms with E-state index in [2.05, 4.69) is 27.9 Å². The fraction of sp³-hybridized carbons (Fsp3) is 0.679. The average Bonchev–Trinajstić information content (AvgIpc) is 2.75. The smallest absolute Gasteiger partial charge is 0.413 e. The lowest BCUT2D eigenvalue weighted by molar-refractivity contribution is -0.148. The lowest BCUT2D eigenvalue weighted by Crippen LogP contribution is -2.58. The van der Waals surface area contributed by atoms with Gasteiger partial charge in [-0.05, 0) is 97.6 Å². The summed E-state index contributed by atoms with van der Waals surface area (Å²) in [4.78, 5) is 56.3. The van der Waals surface area contributed by atoms with Gasteiger partial charge in [0.25, 0.3) is 0 Å². The highest BCUT2D eigenvalue weighted by atomic mass is 16.6. The van der Waals surface area contributed by atoms with Crippen molar-refractivity contribution in [1.29, 1.82) is 0 Å². The quantitative estimate of drug-likeness (QED) is 0.470. The van der Waals surface area contributed by atoms with Crippen LogP contribution in [0.4, 0.5) is 21.1 Å². The molecule has 2 fully saturated rings. The molecule has 3 N–H and O–H groups in total. The molecule has 3 rings (SSSR count). The Labute approximate surface area is 230 Å². The number of carbonyl (C=O) groups excluding carboxylic acids is 4. The molecule has 11 nitrogen and oxygen atoms in total. The molecule has 0 spiro atoms. The van der Waals surface area contributed by atoms with E-state index in [4.69, 9.17) is 9.47 Å². The van der Waals surface area contributed by atoms with Crippen LogP contribution in [0.3, 0.4) is 0 Å². The minimum atomic E-state index is -0.731. The lowest BCUT2D eigenvalue weighted by Gasteiger charge is -2.48. The zero-order chi connectivity index (χ0) is 29.1. The minimum absolute atomic E-state index is 0.00293. The molecule has 1 saturated carbocycles. The van der Waals surface area contributed by atoms with E-state index in [1.165, 1.54) is 6.20 Å². The van der Waals surface area contributed by atoms with E-state index >= 15 is 0 Å². The summed E-state index contributed by atoms with van der Waals surface area (Å²) in [5, 5.41) is 8.14. The number of piperidine rings is 1. The van der Waals surface area contributed by atoms with E-state index in [-0.39, 0.29) is 23.9 Å². The topological polar surface area (TPSA) is 139 Å². The van der Waals surface area contributed by atoms with E-state index < -0.39 is 35.2 Å². The van der Waals surface area contributed by atoms with Crippen molar-refractivity contribution in [2.45, 2.75) is 104 Å². The Morgan fingerprint density at radius 3 is 2.15 bits per heavy atom. The number of carbonyl (C=O) groups is 4. The highest BCUT2D eigenvalue weighted by Gasteiger charge is 2.43. The minimum Gasteiger partial charge on any atom is -0.444 e. The second-order valence-electron chi connectivity index (χ2n) is 12.8. The molecule has 2 heterocycles. The third-order valence-corrected chi connectivity index (χ3v) is 6.71. The third kappa shape index (κ3) is 8.83. The Morgan fingerprint density at radius 2 is 1.56 bits per heavy atom. The van der Waals surface area contributed by atoms with Crippen LogP contribution >= 0.6 is 0 Å². The predicted molar refractivity (Wildman–Crippen MR) is 147 cm³/mol. The maximum Gasteiger partial charge on any atom is 0.413 e. The summed E-state index contributed by atoms with van der Waals surface area (Å²) < 4.78 is 10.6. The highest BCUT2D eigenvalue weighted by molar-refractivity contribution is 6.39. The van der Waals surface area contributed by atoms with E-state index in [9.17, 15) is 19.2 Å². The monoisotopic (exact) mass is 545 g/mol. The molecule has 1 saturated heterocycles. The molecule has 1 aliphatic heterocycles. The van der Waals surface area contributed by atoms with Gasteiger partial charge in [0, 0.05) is 18.6 Å². The Kier molecular flexibility index (Phi) is 9.12. The molecule has 1 aromatic rings. The number of aryl methyl sites for hydroxylation is 1. The van der Waals surface area contributed by atoms with Crippen molar-refractivity contribution in [3.63, 3.8) is 0 Å². The largest absolute Gasteiger partial charge is 0.444 e. The summed E-state index contributed by atoms with van der Waals surface area (Å²) in [7, 11) is 0. The Balaban J connectivity index is 1.58. The molecule has 0 radical (unpaired) electrons. The van der Waals surface area contributed by atoms with Crippen LogP contribution in [0.1, 0.15) is 79.7 Å². The average molecular weight is 546 g/mol. The van der Waals surface area contributed by atoms with Crippen LogP contribution in [0.5, 0.6) is 0 Å². The molecule has 216 valence electrons. The number of aromatic nitrogens is 1. The summed E-state index contributed by atoms with van der Waals surface area (Å²) >= 11 is 0. The number of pyridine rings is 1. The van der Waals surface area contributed by atoms with Crippen LogP contribution in [-0.2, 0) is 19.1 Å². The van der Waals surface area contributed by atoms with Crippen molar-refractivity contribution in [3.8, 4) is 0 Å². The van der Waals surface area contributed by atoms with Gasteiger partial charge in [-0.25, -0.2) is 14.6 Å². The first-order chi connectivity index (χ1) is 18.0. The summed E-state index contributed by atoms with van der Waals surface area (Å²) in [6.45, 7) is 15.1. The van der Waals surface area contributed by atoms with Crippen molar-refractivity contribution >= 4 is 35.5 Å². The Hall–Kier alpha value is -3.37. The molecule has 1 aromatic heterocycles. The summed E-state index contributed by atoms with van der Waals surface area (Å²) in [6, 6.07) is 1.58. The molecule has 0 bridgehead atoms. The molecule has 0 unspecified atom stereocenters. The number of nitrogens with zero attached hydrogens (tertiary/aromatic N) is 2. The van der Waals surface area contributed by atoms with Crippen molar-refractivity contribution in [1.82, 2.24) is 15.2 Å². The van der Waals surface area contributed by atoms with Gasteiger partial charge in [0.1, 0.15) is 17.0 Å². The molecule has 0 aromatic carbocycles. The molecule has 1 aliphatic carbocycles. The van der Waals surface area contributed by atoms with Gasteiger partial charge in [0.15, 0.2) is 0 Å². The SMILES string of the molecule is Cc1cc(NC(=O)C(=O)N2C[C@H](C)CC[C@H]2[C@H]2C[C@H](NC(=O)OC(C)(C)C)C2)cnc1NC(=O)OC(C)(C)C. The zero-order valence-electron chi connectivity index (χ0n) is 24.3. The van der Waals surface area contributed by atoms with Crippen LogP contribution in [0.25, 0.3) is 0 Å². The van der Waals surface area contributed by atoms with Crippen LogP contribution in [0, 0.1) is 18.8 Å². The molecular weight excluding hydrogens is 502 g/mol. The number of hydrogen-bond donors (Lipinski definition) is 3. The zero-order valence-corrected chi connectivity index (χ0v) is 24.3. The standard InChI is InChI=1S/C28H43N5O6/c1-16-9-10-21(18-12-19(13-18)31-25(36)38-27(3,4)5)33(15-16)24(35)23(34)30-20-11-17(2)22(29-14-20)32-26(37)39-28(6,7)8/h11,14,16,18-19,21H,9-10,12-13,15H2,1-8H3,(H,30,34)(H,31,36)(H,29,32,37)/t16-,18-,19-,21+/m1/s1. The maximum atomic E-state index is 13.3. The van der Waals surface area contributed by atoms with E-state index in [0.717, 1.165) is 25.7 Å². The van der Waals surface area contributed by atoms with Gasteiger partial charge in [-0.2, -0.15) is 0 Å². The first-order valence-corrected chi connectivity index (χ1v) is 13.6. The van der Waals surface area contributed by atoms with Crippen LogP contribution in [0.2, 0.25) is 0 Å². The predicted octanol–water partition coefficient (Wildman–Crippen LogP) is 4.61. The molecule has 4 amide bonds. The molecular formula is C28H43N5O6. The third-order valence-electron chi connectivity index (χ3n) is 6.71. The van der Waals surface area contributed by atoms with Gasteiger partial charge >= 0.3 is 24.0 Å². The van der Waals surface area contributed by atoms with Crippen molar-refractivity contribution in [2.75, 3.05) is 17.2 Å². The van der Waals surface area contributed by atoms with Gasteiger partial charge in [-0.15, -0.1) is 0 Å². The first kappa shape index (κ1) is 30.2. The summed E-state index contributed by atoms with van der Waals surface area (Å²) in [6.07, 6.45) is 3.58. The molecule has 11 heteroatoms. The summed E-state index contributed by atoms with van der Waals surface area (Å²) in [5.74, 6) is -0.514. The Morgan fingerprint density at radius 1 is 0.949 bits per heavy atom. The lowest BCUT2D eigenvalue weighted by atomic mass is 9.72. The first-order valence-electron chi connectivity index (χ1n) is 13.6. The van der Waals surface area contributed by atoms with E-state index in [1.54, 1.807) is 38.7 Å². The van der Waals surface area contributed by atoms with E-state index in [1.807, 2.05) is 20.8 Å². The highest BCUT2D eigenvalue weighted by Crippen LogP contribution is 2.38. The van der Waals surface area contributed by atoms with Gasteiger partial charge in [-0.3, -0.25) is 14.9 Å². The fourth-order valence-electron chi connectivity index (χ4n) is 4.95. The number of alkyl carbamates (subject to hydrolysis) is 1.